The van der Waals surface area contributed by atoms with E-state index in [4.69, 9.17) is 16.3 Å². The normalized spacial score (nSPS) is 11.6. The summed E-state index contributed by atoms with van der Waals surface area (Å²) in [6.45, 7) is 1.53. The van der Waals surface area contributed by atoms with E-state index in [2.05, 4.69) is 27.9 Å². The molecule has 120 valence electrons. The van der Waals surface area contributed by atoms with Crippen LogP contribution >= 0.6 is 34.2 Å². The van der Waals surface area contributed by atoms with E-state index in [1.165, 1.54) is 0 Å². The van der Waals surface area contributed by atoms with Crippen molar-refractivity contribution in [2.45, 2.75) is 13.0 Å². The van der Waals surface area contributed by atoms with Crippen molar-refractivity contribution in [2.75, 3.05) is 6.61 Å². The lowest BCUT2D eigenvalue weighted by atomic mass is 10.1. The maximum atomic E-state index is 11.9. The molecule has 0 saturated heterocycles. The van der Waals surface area contributed by atoms with Gasteiger partial charge >= 0.3 is 5.97 Å². The van der Waals surface area contributed by atoms with E-state index >= 15 is 0 Å². The van der Waals surface area contributed by atoms with Crippen LogP contribution in [0.25, 0.3) is 0 Å². The molecule has 0 saturated carbocycles. The Morgan fingerprint density at radius 1 is 1.22 bits per heavy atom. The molecule has 0 spiro atoms. The second-order valence-corrected chi connectivity index (χ2v) is 6.61. The molecular formula is C17H15ClINO3. The molecule has 1 N–H and O–H groups in total. The Balaban J connectivity index is 1.85. The number of hydrogen-bond donors (Lipinski definition) is 1. The first-order valence-corrected chi connectivity index (χ1v) is 8.39. The Morgan fingerprint density at radius 2 is 1.91 bits per heavy atom. The van der Waals surface area contributed by atoms with Gasteiger partial charge in [-0.25, -0.2) is 4.79 Å². The summed E-state index contributed by atoms with van der Waals surface area (Å²) in [6, 6.07) is 14.0. The number of ether oxygens (including phenoxy) is 1. The van der Waals surface area contributed by atoms with Crippen molar-refractivity contribution in [1.82, 2.24) is 5.32 Å². The summed E-state index contributed by atoms with van der Waals surface area (Å²) in [6.07, 6.45) is 0. The largest absolute Gasteiger partial charge is 0.452 e. The fraction of sp³-hybridized carbons (Fsp3) is 0.176. The Hall–Kier alpha value is -1.60. The lowest BCUT2D eigenvalue weighted by Gasteiger charge is -2.14. The fourth-order valence-corrected chi connectivity index (χ4v) is 2.62. The predicted molar refractivity (Wildman–Crippen MR) is 97.5 cm³/mol. The molecule has 2 rings (SSSR count). The van der Waals surface area contributed by atoms with Crippen molar-refractivity contribution < 1.29 is 14.3 Å². The molecule has 0 aromatic heterocycles. The zero-order valence-corrected chi connectivity index (χ0v) is 15.3. The molecule has 1 atom stereocenters. The third-order valence-electron chi connectivity index (χ3n) is 3.14. The smallest absolute Gasteiger partial charge is 0.338 e. The first-order valence-electron chi connectivity index (χ1n) is 6.93. The third kappa shape index (κ3) is 5.51. The number of hydrogen-bond acceptors (Lipinski definition) is 3. The molecule has 0 radical (unpaired) electrons. The monoisotopic (exact) mass is 443 g/mol. The SMILES string of the molecule is CC(NC(=O)COC(=O)c1cccc(I)c1)c1ccc(Cl)cc1. The Kier molecular flexibility index (Phi) is 6.41. The summed E-state index contributed by atoms with van der Waals surface area (Å²) in [7, 11) is 0. The summed E-state index contributed by atoms with van der Waals surface area (Å²) in [5.41, 5.74) is 1.35. The van der Waals surface area contributed by atoms with Gasteiger partial charge in [0.1, 0.15) is 0 Å². The summed E-state index contributed by atoms with van der Waals surface area (Å²) in [5.74, 6) is -0.871. The molecule has 0 aliphatic carbocycles. The number of halogens is 2. The lowest BCUT2D eigenvalue weighted by Crippen LogP contribution is -2.31. The maximum Gasteiger partial charge on any atom is 0.338 e. The highest BCUT2D eigenvalue weighted by Crippen LogP contribution is 2.16. The molecule has 0 heterocycles. The van der Waals surface area contributed by atoms with Crippen molar-refractivity contribution in [3.8, 4) is 0 Å². The van der Waals surface area contributed by atoms with Crippen molar-refractivity contribution in [2.24, 2.45) is 0 Å². The van der Waals surface area contributed by atoms with Gasteiger partial charge in [-0.3, -0.25) is 4.79 Å². The molecule has 23 heavy (non-hydrogen) atoms. The topological polar surface area (TPSA) is 55.4 Å². The minimum atomic E-state index is -0.516. The summed E-state index contributed by atoms with van der Waals surface area (Å²) < 4.78 is 5.95. The van der Waals surface area contributed by atoms with Crippen LogP contribution in [0.2, 0.25) is 5.02 Å². The molecule has 0 bridgehead atoms. The molecule has 4 nitrogen and oxygen atoms in total. The van der Waals surface area contributed by atoms with Crippen molar-refractivity contribution in [3.63, 3.8) is 0 Å². The molecule has 0 aliphatic rings. The number of amides is 1. The zero-order chi connectivity index (χ0) is 16.8. The number of esters is 1. The number of carbonyl (C=O) groups excluding carboxylic acids is 2. The first-order chi connectivity index (χ1) is 11.0. The van der Waals surface area contributed by atoms with Crippen LogP contribution in [0, 0.1) is 3.57 Å². The molecule has 6 heteroatoms. The highest BCUT2D eigenvalue weighted by molar-refractivity contribution is 14.1. The Morgan fingerprint density at radius 3 is 2.57 bits per heavy atom. The van der Waals surface area contributed by atoms with Crippen LogP contribution < -0.4 is 5.32 Å². The van der Waals surface area contributed by atoms with Gasteiger partial charge in [0.2, 0.25) is 0 Å². The van der Waals surface area contributed by atoms with Gasteiger partial charge in [0.15, 0.2) is 6.61 Å². The minimum Gasteiger partial charge on any atom is -0.452 e. The molecule has 2 aromatic rings. The van der Waals surface area contributed by atoms with Crippen LogP contribution in [0.15, 0.2) is 48.5 Å². The molecular weight excluding hydrogens is 429 g/mol. The number of rotatable bonds is 5. The maximum absolute atomic E-state index is 11.9. The van der Waals surface area contributed by atoms with Crippen LogP contribution in [0.1, 0.15) is 28.9 Å². The van der Waals surface area contributed by atoms with Gasteiger partial charge in [-0.1, -0.05) is 29.8 Å². The number of nitrogens with one attached hydrogen (secondary N) is 1. The predicted octanol–water partition coefficient (Wildman–Crippen LogP) is 3.98. The van der Waals surface area contributed by atoms with E-state index in [9.17, 15) is 9.59 Å². The van der Waals surface area contributed by atoms with Gasteiger partial charge in [0, 0.05) is 8.59 Å². The van der Waals surface area contributed by atoms with E-state index in [0.717, 1.165) is 9.13 Å². The van der Waals surface area contributed by atoms with Crippen LogP contribution in [0.3, 0.4) is 0 Å². The summed E-state index contributed by atoms with van der Waals surface area (Å²) >= 11 is 7.94. The van der Waals surface area contributed by atoms with Gasteiger partial charge in [0.25, 0.3) is 5.91 Å². The molecule has 0 aliphatic heterocycles. The highest BCUT2D eigenvalue weighted by atomic mass is 127. The van der Waals surface area contributed by atoms with E-state index in [1.54, 1.807) is 30.3 Å². The molecule has 1 amide bonds. The van der Waals surface area contributed by atoms with Gasteiger partial charge in [-0.15, -0.1) is 0 Å². The van der Waals surface area contributed by atoms with E-state index < -0.39 is 5.97 Å². The minimum absolute atomic E-state index is 0.198. The van der Waals surface area contributed by atoms with Gasteiger partial charge < -0.3 is 10.1 Å². The van der Waals surface area contributed by atoms with E-state index in [1.807, 2.05) is 25.1 Å². The second kappa shape index (κ2) is 8.31. The van der Waals surface area contributed by atoms with Gasteiger partial charge in [-0.05, 0) is 65.4 Å². The molecule has 0 fully saturated rings. The fourth-order valence-electron chi connectivity index (χ4n) is 1.95. The van der Waals surface area contributed by atoms with E-state index in [-0.39, 0.29) is 18.6 Å². The first kappa shape index (κ1) is 17.7. The third-order valence-corrected chi connectivity index (χ3v) is 4.07. The Labute approximate surface area is 153 Å². The van der Waals surface area contributed by atoms with Crippen LogP contribution in [-0.4, -0.2) is 18.5 Å². The number of benzene rings is 2. The van der Waals surface area contributed by atoms with Crippen LogP contribution in [0.4, 0.5) is 0 Å². The van der Waals surface area contributed by atoms with Crippen LogP contribution in [0.5, 0.6) is 0 Å². The molecule has 1 unspecified atom stereocenters. The summed E-state index contributed by atoms with van der Waals surface area (Å²) in [5, 5.41) is 3.41. The lowest BCUT2D eigenvalue weighted by molar-refractivity contribution is -0.124. The van der Waals surface area contributed by atoms with Crippen molar-refractivity contribution >= 4 is 46.1 Å². The number of carbonyl (C=O) groups is 2. The summed E-state index contributed by atoms with van der Waals surface area (Å²) in [4.78, 5) is 23.8. The van der Waals surface area contributed by atoms with Gasteiger partial charge in [-0.2, -0.15) is 0 Å². The average Bonchev–Trinajstić information content (AvgIpc) is 2.53. The van der Waals surface area contributed by atoms with Crippen molar-refractivity contribution in [1.29, 1.82) is 0 Å². The highest BCUT2D eigenvalue weighted by Gasteiger charge is 2.13. The Bertz CT molecular complexity index is 703. The molecule has 2 aromatic carbocycles. The van der Waals surface area contributed by atoms with E-state index in [0.29, 0.717) is 10.6 Å². The quantitative estimate of drug-likeness (QED) is 0.562. The van der Waals surface area contributed by atoms with Crippen LogP contribution in [-0.2, 0) is 9.53 Å². The van der Waals surface area contributed by atoms with Gasteiger partial charge in [0.05, 0.1) is 11.6 Å². The van der Waals surface area contributed by atoms with Crippen molar-refractivity contribution in [3.05, 3.63) is 68.3 Å². The average molecular weight is 444 g/mol. The standard InChI is InChI=1S/C17H15ClINO3/c1-11(12-5-7-14(18)8-6-12)20-16(21)10-23-17(22)13-3-2-4-15(19)9-13/h2-9,11H,10H2,1H3,(H,20,21). The zero-order valence-electron chi connectivity index (χ0n) is 12.4. The second-order valence-electron chi connectivity index (χ2n) is 4.93.